The first-order valence-electron chi connectivity index (χ1n) is 6.57. The van der Waals surface area contributed by atoms with Crippen LogP contribution in [0.3, 0.4) is 0 Å². The van der Waals surface area contributed by atoms with Crippen molar-refractivity contribution in [3.05, 3.63) is 42.2 Å². The number of hydrogen-bond acceptors (Lipinski definition) is 3. The number of benzene rings is 1. The van der Waals surface area contributed by atoms with Gasteiger partial charge in [-0.3, -0.25) is 0 Å². The van der Waals surface area contributed by atoms with Crippen molar-refractivity contribution in [1.82, 2.24) is 9.97 Å². The van der Waals surface area contributed by atoms with Gasteiger partial charge >= 0.3 is 0 Å². The highest BCUT2D eigenvalue weighted by atomic mass is 19.2. The van der Waals surface area contributed by atoms with Crippen LogP contribution < -0.4 is 4.74 Å². The van der Waals surface area contributed by atoms with Crippen LogP contribution in [0.5, 0.6) is 5.88 Å². The smallest absolute Gasteiger partial charge is 0.217 e. The van der Waals surface area contributed by atoms with Crippen LogP contribution in [-0.2, 0) is 0 Å². The van der Waals surface area contributed by atoms with Crippen molar-refractivity contribution in [3.63, 3.8) is 0 Å². The van der Waals surface area contributed by atoms with Gasteiger partial charge in [0.15, 0.2) is 18.2 Å². The highest BCUT2D eigenvalue weighted by Gasteiger charge is 2.11. The van der Waals surface area contributed by atoms with Gasteiger partial charge < -0.3 is 4.74 Å². The zero-order chi connectivity index (χ0) is 15.1. The summed E-state index contributed by atoms with van der Waals surface area (Å²) in [6.45, 7) is 2.24. The molecule has 0 N–H and O–H groups in total. The molecule has 0 radical (unpaired) electrons. The fourth-order valence-electron chi connectivity index (χ4n) is 1.64. The van der Waals surface area contributed by atoms with Gasteiger partial charge in [0.05, 0.1) is 5.69 Å². The zero-order valence-electron chi connectivity index (χ0n) is 11.6. The molecule has 21 heavy (non-hydrogen) atoms. The van der Waals surface area contributed by atoms with Crippen LogP contribution in [0.25, 0.3) is 11.3 Å². The topological polar surface area (TPSA) is 35.0 Å². The summed E-state index contributed by atoms with van der Waals surface area (Å²) in [6.07, 6.45) is 3.05. The van der Waals surface area contributed by atoms with E-state index in [0.717, 1.165) is 18.9 Å². The van der Waals surface area contributed by atoms with E-state index in [2.05, 4.69) is 21.8 Å². The average Bonchev–Trinajstić information content (AvgIpc) is 2.50. The van der Waals surface area contributed by atoms with E-state index in [1.807, 2.05) is 6.92 Å². The summed E-state index contributed by atoms with van der Waals surface area (Å²) < 4.78 is 32.3. The molecule has 0 atom stereocenters. The summed E-state index contributed by atoms with van der Waals surface area (Å²) in [5.74, 6) is 4.20. The second kappa shape index (κ2) is 7.34. The third-order valence-electron chi connectivity index (χ3n) is 2.66. The van der Waals surface area contributed by atoms with E-state index in [9.17, 15) is 8.78 Å². The van der Waals surface area contributed by atoms with Crippen molar-refractivity contribution in [3.8, 4) is 29.0 Å². The van der Waals surface area contributed by atoms with E-state index in [4.69, 9.17) is 4.74 Å². The molecule has 108 valence electrons. The molecule has 3 nitrogen and oxygen atoms in total. The van der Waals surface area contributed by atoms with Gasteiger partial charge in [-0.05, 0) is 18.6 Å². The lowest BCUT2D eigenvalue weighted by atomic mass is 10.1. The summed E-state index contributed by atoms with van der Waals surface area (Å²) >= 11 is 0. The normalized spacial score (nSPS) is 9.86. The van der Waals surface area contributed by atoms with Crippen molar-refractivity contribution in [1.29, 1.82) is 0 Å². The molecule has 0 aliphatic carbocycles. The average molecular weight is 288 g/mol. The van der Waals surface area contributed by atoms with Gasteiger partial charge in [-0.1, -0.05) is 24.8 Å². The molecule has 5 heteroatoms. The molecule has 0 saturated heterocycles. The Balaban J connectivity index is 2.15. The Morgan fingerprint density at radius 3 is 2.86 bits per heavy atom. The molecule has 0 bridgehead atoms. The standard InChI is InChI=1S/C16H14F2N2O/c1-2-3-4-5-9-21-15-10-14(19-11-20-15)12-7-6-8-13(17)16(12)18/h6-8,10-11H,2-3,9H2,1H3. The molecule has 0 spiro atoms. The molecule has 0 aliphatic rings. The maximum absolute atomic E-state index is 13.7. The monoisotopic (exact) mass is 288 g/mol. The van der Waals surface area contributed by atoms with Crippen LogP contribution in [0.4, 0.5) is 8.78 Å². The minimum Gasteiger partial charge on any atom is -0.464 e. The lowest BCUT2D eigenvalue weighted by Gasteiger charge is -2.05. The second-order valence-electron chi connectivity index (χ2n) is 4.24. The Morgan fingerprint density at radius 1 is 1.19 bits per heavy atom. The largest absolute Gasteiger partial charge is 0.464 e. The molecule has 1 aromatic carbocycles. The van der Waals surface area contributed by atoms with E-state index in [0.29, 0.717) is 0 Å². The third kappa shape index (κ3) is 3.99. The Kier molecular flexibility index (Phi) is 5.22. The van der Waals surface area contributed by atoms with E-state index in [1.165, 1.54) is 24.5 Å². The minimum absolute atomic E-state index is 0.0688. The molecule has 2 aromatic rings. The van der Waals surface area contributed by atoms with Crippen LogP contribution in [-0.4, -0.2) is 16.6 Å². The molecule has 2 rings (SSSR count). The number of aromatic nitrogens is 2. The molecule has 0 aliphatic heterocycles. The fraction of sp³-hybridized carbons (Fsp3) is 0.250. The summed E-state index contributed by atoms with van der Waals surface area (Å²) in [7, 11) is 0. The lowest BCUT2D eigenvalue weighted by molar-refractivity contribution is 0.354. The molecular formula is C16H14F2N2O. The summed E-state index contributed by atoms with van der Waals surface area (Å²) in [5, 5.41) is 0. The van der Waals surface area contributed by atoms with Gasteiger partial charge in [-0.25, -0.2) is 18.7 Å². The van der Waals surface area contributed by atoms with Crippen LogP contribution in [0, 0.1) is 23.5 Å². The van der Waals surface area contributed by atoms with Gasteiger partial charge in [0, 0.05) is 18.1 Å². The Labute approximate surface area is 122 Å². The van der Waals surface area contributed by atoms with E-state index in [-0.39, 0.29) is 23.7 Å². The molecule has 0 fully saturated rings. The predicted octanol–water partition coefficient (Wildman–Crippen LogP) is 3.60. The van der Waals surface area contributed by atoms with E-state index in [1.54, 1.807) is 0 Å². The number of unbranched alkanes of at least 4 members (excludes halogenated alkanes) is 1. The first-order chi connectivity index (χ1) is 10.2. The van der Waals surface area contributed by atoms with E-state index < -0.39 is 11.6 Å². The second-order valence-corrected chi connectivity index (χ2v) is 4.24. The van der Waals surface area contributed by atoms with Crippen LogP contribution in [0.2, 0.25) is 0 Å². The van der Waals surface area contributed by atoms with Crippen LogP contribution in [0.15, 0.2) is 30.6 Å². The first-order valence-corrected chi connectivity index (χ1v) is 6.57. The van der Waals surface area contributed by atoms with Gasteiger partial charge in [0.1, 0.15) is 6.33 Å². The van der Waals surface area contributed by atoms with Gasteiger partial charge in [-0.15, -0.1) is 0 Å². The maximum atomic E-state index is 13.7. The van der Waals surface area contributed by atoms with Gasteiger partial charge in [-0.2, -0.15) is 0 Å². The zero-order valence-corrected chi connectivity index (χ0v) is 11.6. The first kappa shape index (κ1) is 14.9. The third-order valence-corrected chi connectivity index (χ3v) is 2.66. The fourth-order valence-corrected chi connectivity index (χ4v) is 1.64. The maximum Gasteiger partial charge on any atom is 0.217 e. The van der Waals surface area contributed by atoms with Crippen molar-refractivity contribution in [2.24, 2.45) is 0 Å². The minimum atomic E-state index is -0.940. The Morgan fingerprint density at radius 2 is 2.05 bits per heavy atom. The molecule has 0 saturated carbocycles. The molecular weight excluding hydrogens is 274 g/mol. The molecule has 1 heterocycles. The van der Waals surface area contributed by atoms with E-state index >= 15 is 0 Å². The molecule has 0 amide bonds. The number of nitrogens with zero attached hydrogens (tertiary/aromatic N) is 2. The van der Waals surface area contributed by atoms with Crippen LogP contribution >= 0.6 is 0 Å². The molecule has 0 unspecified atom stereocenters. The lowest BCUT2D eigenvalue weighted by Crippen LogP contribution is -1.98. The SMILES string of the molecule is CCCC#CCOc1cc(-c2cccc(F)c2F)ncn1. The Hall–Kier alpha value is -2.48. The highest BCUT2D eigenvalue weighted by Crippen LogP contribution is 2.24. The van der Waals surface area contributed by atoms with Crippen molar-refractivity contribution < 1.29 is 13.5 Å². The summed E-state index contributed by atoms with van der Waals surface area (Å²) in [5.41, 5.74) is 0.331. The summed E-state index contributed by atoms with van der Waals surface area (Å²) in [6, 6.07) is 5.39. The number of hydrogen-bond donors (Lipinski definition) is 0. The van der Waals surface area contributed by atoms with Gasteiger partial charge in [0.2, 0.25) is 5.88 Å². The Bertz CT molecular complexity index is 677. The van der Waals surface area contributed by atoms with Gasteiger partial charge in [0.25, 0.3) is 0 Å². The van der Waals surface area contributed by atoms with Crippen molar-refractivity contribution in [2.45, 2.75) is 19.8 Å². The van der Waals surface area contributed by atoms with Crippen molar-refractivity contribution in [2.75, 3.05) is 6.61 Å². The summed E-state index contributed by atoms with van der Waals surface area (Å²) in [4.78, 5) is 7.85. The van der Waals surface area contributed by atoms with Crippen molar-refractivity contribution >= 4 is 0 Å². The quantitative estimate of drug-likeness (QED) is 0.806. The highest BCUT2D eigenvalue weighted by molar-refractivity contribution is 5.60. The van der Waals surface area contributed by atoms with Crippen LogP contribution in [0.1, 0.15) is 19.8 Å². The molecule has 1 aromatic heterocycles. The number of ether oxygens (including phenoxy) is 1. The number of rotatable bonds is 4. The number of halogens is 2. The predicted molar refractivity (Wildman–Crippen MR) is 75.6 cm³/mol.